The molecule has 0 unspecified atom stereocenters. The minimum absolute atomic E-state index is 0.294. The zero-order valence-electron chi connectivity index (χ0n) is 14.7. The number of hydrogen-bond donors (Lipinski definition) is 2. The fraction of sp³-hybridized carbons (Fsp3) is 0.158. The van der Waals surface area contributed by atoms with Crippen molar-refractivity contribution in [3.05, 3.63) is 70.3 Å². The van der Waals surface area contributed by atoms with Gasteiger partial charge in [-0.15, -0.1) is 0 Å². The molecule has 0 atom stereocenters. The van der Waals surface area contributed by atoms with Gasteiger partial charge in [0.15, 0.2) is 0 Å². The number of anilines is 1. The van der Waals surface area contributed by atoms with Gasteiger partial charge in [0.2, 0.25) is 5.96 Å². The maximum atomic E-state index is 13.9. The van der Waals surface area contributed by atoms with Gasteiger partial charge in [-0.1, -0.05) is 17.6 Å². The highest BCUT2D eigenvalue weighted by Crippen LogP contribution is 2.20. The van der Waals surface area contributed by atoms with Crippen molar-refractivity contribution in [2.75, 3.05) is 12.4 Å². The fourth-order valence-corrected chi connectivity index (χ4v) is 3.11. The van der Waals surface area contributed by atoms with Gasteiger partial charge in [0.25, 0.3) is 0 Å². The SMILES string of the molecule is COc1ccc(N=C(Nc2ccc(C)c(F)c2)n2sc(C)cc2=N)cc1. The van der Waals surface area contributed by atoms with Crippen molar-refractivity contribution in [2.45, 2.75) is 13.8 Å². The third-order valence-electron chi connectivity index (χ3n) is 3.72. The minimum Gasteiger partial charge on any atom is -0.497 e. The quantitative estimate of drug-likeness (QED) is 0.529. The van der Waals surface area contributed by atoms with E-state index >= 15 is 0 Å². The van der Waals surface area contributed by atoms with Crippen LogP contribution in [0.4, 0.5) is 15.8 Å². The second-order valence-electron chi connectivity index (χ2n) is 5.75. The van der Waals surface area contributed by atoms with Crippen LogP contribution in [0.2, 0.25) is 0 Å². The maximum Gasteiger partial charge on any atom is 0.223 e. The number of halogens is 1. The number of hydrogen-bond acceptors (Lipinski definition) is 4. The summed E-state index contributed by atoms with van der Waals surface area (Å²) in [4.78, 5) is 5.59. The number of nitrogens with one attached hydrogen (secondary N) is 2. The lowest BCUT2D eigenvalue weighted by Gasteiger charge is -2.11. The Morgan fingerprint density at radius 3 is 2.46 bits per heavy atom. The lowest BCUT2D eigenvalue weighted by Crippen LogP contribution is -2.28. The second kappa shape index (κ2) is 7.53. The molecule has 5 nitrogen and oxygen atoms in total. The van der Waals surface area contributed by atoms with Crippen LogP contribution in [0.3, 0.4) is 0 Å². The molecular weight excluding hydrogens is 351 g/mol. The Bertz CT molecular complexity index is 1010. The van der Waals surface area contributed by atoms with Gasteiger partial charge in [0, 0.05) is 10.6 Å². The van der Waals surface area contributed by atoms with Crippen LogP contribution in [0.15, 0.2) is 53.5 Å². The van der Waals surface area contributed by atoms with E-state index in [1.807, 2.05) is 31.2 Å². The summed E-state index contributed by atoms with van der Waals surface area (Å²) in [6, 6.07) is 13.9. The zero-order valence-corrected chi connectivity index (χ0v) is 15.5. The van der Waals surface area contributed by atoms with Crippen LogP contribution in [0.5, 0.6) is 5.75 Å². The van der Waals surface area contributed by atoms with Crippen LogP contribution < -0.4 is 15.5 Å². The van der Waals surface area contributed by atoms with E-state index in [2.05, 4.69) is 10.3 Å². The topological polar surface area (TPSA) is 62.4 Å². The summed E-state index contributed by atoms with van der Waals surface area (Å²) in [6.07, 6.45) is 0. The van der Waals surface area contributed by atoms with Crippen molar-refractivity contribution in [2.24, 2.45) is 4.99 Å². The van der Waals surface area contributed by atoms with Crippen LogP contribution in [-0.4, -0.2) is 17.0 Å². The van der Waals surface area contributed by atoms with Crippen LogP contribution in [0.25, 0.3) is 0 Å². The standard InChI is InChI=1S/C19H19FN4OS/c1-12-4-5-15(11-17(12)20)23-19(24-18(21)10-13(2)26-24)22-14-6-8-16(25-3)9-7-14/h4-11,21H,1-3H3,(H,22,23). The Morgan fingerprint density at radius 1 is 1.15 bits per heavy atom. The second-order valence-corrected chi connectivity index (χ2v) is 6.94. The first-order chi connectivity index (χ1) is 12.5. The summed E-state index contributed by atoms with van der Waals surface area (Å²) in [5, 5.41) is 11.3. The molecule has 2 aromatic carbocycles. The summed E-state index contributed by atoms with van der Waals surface area (Å²) in [6.45, 7) is 3.64. The van der Waals surface area contributed by atoms with Crippen molar-refractivity contribution < 1.29 is 9.13 Å². The van der Waals surface area contributed by atoms with Crippen LogP contribution in [0.1, 0.15) is 10.4 Å². The van der Waals surface area contributed by atoms with E-state index < -0.39 is 0 Å². The molecular formula is C19H19FN4OS. The smallest absolute Gasteiger partial charge is 0.223 e. The molecule has 0 fully saturated rings. The molecule has 0 aliphatic rings. The molecule has 3 rings (SSSR count). The van der Waals surface area contributed by atoms with Gasteiger partial charge in [-0.2, -0.15) is 0 Å². The van der Waals surface area contributed by atoms with E-state index in [1.54, 1.807) is 36.2 Å². The number of aliphatic imine (C=N–C) groups is 1. The molecule has 2 N–H and O–H groups in total. The van der Waals surface area contributed by atoms with E-state index in [-0.39, 0.29) is 5.82 Å². The molecule has 0 bridgehead atoms. The molecule has 0 spiro atoms. The van der Waals surface area contributed by atoms with E-state index in [1.165, 1.54) is 17.6 Å². The lowest BCUT2D eigenvalue weighted by atomic mass is 10.2. The number of aryl methyl sites for hydroxylation is 2. The number of nitrogens with zero attached hydrogens (tertiary/aromatic N) is 2. The minimum atomic E-state index is -0.294. The first-order valence-electron chi connectivity index (χ1n) is 7.97. The predicted octanol–water partition coefficient (Wildman–Crippen LogP) is 4.44. The van der Waals surface area contributed by atoms with Gasteiger partial charge >= 0.3 is 0 Å². The molecule has 0 aliphatic heterocycles. The predicted molar refractivity (Wildman–Crippen MR) is 103 cm³/mol. The molecule has 1 heterocycles. The van der Waals surface area contributed by atoms with Gasteiger partial charge in [-0.25, -0.2) is 13.3 Å². The highest BCUT2D eigenvalue weighted by atomic mass is 32.1. The Balaban J connectivity index is 2.03. The molecule has 1 aromatic heterocycles. The Labute approximate surface area is 155 Å². The molecule has 3 aromatic rings. The number of aromatic nitrogens is 1. The van der Waals surface area contributed by atoms with Gasteiger partial charge in [-0.05, 0) is 61.9 Å². The Hall–Kier alpha value is -2.93. The highest BCUT2D eigenvalue weighted by Gasteiger charge is 2.09. The van der Waals surface area contributed by atoms with Crippen LogP contribution in [0, 0.1) is 25.1 Å². The van der Waals surface area contributed by atoms with Crippen molar-refractivity contribution >= 4 is 28.9 Å². The van der Waals surface area contributed by atoms with Gasteiger partial charge in [0.05, 0.1) is 12.8 Å². The average Bonchev–Trinajstić information content (AvgIpc) is 2.96. The van der Waals surface area contributed by atoms with Crippen LogP contribution >= 0.6 is 11.5 Å². The summed E-state index contributed by atoms with van der Waals surface area (Å²) in [5.41, 5.74) is 2.14. The molecule has 0 saturated carbocycles. The summed E-state index contributed by atoms with van der Waals surface area (Å²) < 4.78 is 20.7. The van der Waals surface area contributed by atoms with E-state index in [9.17, 15) is 4.39 Å². The zero-order chi connectivity index (χ0) is 18.7. The molecule has 0 amide bonds. The fourth-order valence-electron chi connectivity index (χ4n) is 2.33. The normalized spacial score (nSPS) is 11.5. The summed E-state index contributed by atoms with van der Waals surface area (Å²) in [5.74, 6) is 0.874. The van der Waals surface area contributed by atoms with Crippen molar-refractivity contribution in [1.82, 2.24) is 3.96 Å². The van der Waals surface area contributed by atoms with Gasteiger partial charge in [-0.3, -0.25) is 5.41 Å². The van der Waals surface area contributed by atoms with E-state index in [0.717, 1.165) is 10.6 Å². The molecule has 26 heavy (non-hydrogen) atoms. The third kappa shape index (κ3) is 4.00. The average molecular weight is 370 g/mol. The number of methoxy groups -OCH3 is 1. The first-order valence-corrected chi connectivity index (χ1v) is 8.74. The first kappa shape index (κ1) is 17.9. The molecule has 0 aliphatic carbocycles. The number of benzene rings is 2. The highest BCUT2D eigenvalue weighted by molar-refractivity contribution is 7.07. The van der Waals surface area contributed by atoms with Crippen molar-refractivity contribution in [3.63, 3.8) is 0 Å². The summed E-state index contributed by atoms with van der Waals surface area (Å²) >= 11 is 1.39. The largest absolute Gasteiger partial charge is 0.497 e. The number of rotatable bonds is 3. The maximum absolute atomic E-state index is 13.9. The molecule has 7 heteroatoms. The van der Waals surface area contributed by atoms with E-state index in [0.29, 0.717) is 28.4 Å². The number of ether oxygens (including phenoxy) is 1. The summed E-state index contributed by atoms with van der Waals surface area (Å²) in [7, 11) is 1.61. The van der Waals surface area contributed by atoms with Crippen molar-refractivity contribution in [3.8, 4) is 5.75 Å². The molecule has 134 valence electrons. The van der Waals surface area contributed by atoms with Gasteiger partial charge < -0.3 is 10.1 Å². The lowest BCUT2D eigenvalue weighted by molar-refractivity contribution is 0.415. The Morgan fingerprint density at radius 2 is 1.88 bits per heavy atom. The third-order valence-corrected chi connectivity index (χ3v) is 4.68. The van der Waals surface area contributed by atoms with Crippen LogP contribution in [-0.2, 0) is 0 Å². The molecule has 0 saturated heterocycles. The monoisotopic (exact) mass is 370 g/mol. The van der Waals surface area contributed by atoms with Gasteiger partial charge in [0.1, 0.15) is 17.1 Å². The Kier molecular flexibility index (Phi) is 5.18. The molecule has 0 radical (unpaired) electrons. The van der Waals surface area contributed by atoms with E-state index in [4.69, 9.17) is 10.1 Å². The van der Waals surface area contributed by atoms with Crippen molar-refractivity contribution in [1.29, 1.82) is 5.41 Å².